The second kappa shape index (κ2) is 6.28. The Labute approximate surface area is 78.1 Å². The fraction of sp³-hybridized carbons (Fsp3) is 0.833. The van der Waals surface area contributed by atoms with Crippen molar-refractivity contribution in [3.05, 3.63) is 12.2 Å². The molecule has 0 radical (unpaired) electrons. The average molecular weight is 168 g/mol. The summed E-state index contributed by atoms with van der Waals surface area (Å²) in [6.07, 6.45) is 7.20. The standard InChI is InChI=1S/C12H24/c1-10(2)8-6-7-9-12(5)11(3)4/h6,8,10-12H,7,9H2,1-5H3/b8-6+/t12-/m1/s1. The highest BCUT2D eigenvalue weighted by atomic mass is 14.1. The van der Waals surface area contributed by atoms with Gasteiger partial charge in [-0.1, -0.05) is 46.8 Å². The Kier molecular flexibility index (Phi) is 6.14. The fourth-order valence-electron chi connectivity index (χ4n) is 1.06. The third-order valence-corrected chi connectivity index (χ3v) is 2.45. The predicted octanol–water partition coefficient (Wildman–Crippen LogP) is 4.27. The predicted molar refractivity (Wildman–Crippen MR) is 57.2 cm³/mol. The Bertz CT molecular complexity index is 120. The molecule has 0 aromatic rings. The van der Waals surface area contributed by atoms with Gasteiger partial charge in [0.15, 0.2) is 0 Å². The molecule has 0 saturated carbocycles. The zero-order valence-corrected chi connectivity index (χ0v) is 9.30. The Morgan fingerprint density at radius 2 is 1.58 bits per heavy atom. The molecule has 0 nitrogen and oxygen atoms in total. The Balaban J connectivity index is 3.43. The molecule has 0 heterocycles. The first-order chi connectivity index (χ1) is 5.54. The molecule has 1 atom stereocenters. The second-order valence-electron chi connectivity index (χ2n) is 4.47. The van der Waals surface area contributed by atoms with E-state index < -0.39 is 0 Å². The molecule has 72 valence electrons. The van der Waals surface area contributed by atoms with Crippen LogP contribution in [0.15, 0.2) is 12.2 Å². The van der Waals surface area contributed by atoms with E-state index in [2.05, 4.69) is 46.8 Å². The first-order valence-electron chi connectivity index (χ1n) is 5.20. The van der Waals surface area contributed by atoms with Gasteiger partial charge in [-0.3, -0.25) is 0 Å². The molecule has 0 rings (SSSR count). The van der Waals surface area contributed by atoms with E-state index in [1.54, 1.807) is 0 Å². The van der Waals surface area contributed by atoms with E-state index in [1.807, 2.05) is 0 Å². The number of hydrogen-bond acceptors (Lipinski definition) is 0. The van der Waals surface area contributed by atoms with Crippen LogP contribution in [0.2, 0.25) is 0 Å². The van der Waals surface area contributed by atoms with Crippen LogP contribution in [0.4, 0.5) is 0 Å². The minimum Gasteiger partial charge on any atom is -0.0883 e. The molecule has 0 aliphatic heterocycles. The summed E-state index contributed by atoms with van der Waals surface area (Å²) in [5, 5.41) is 0. The van der Waals surface area contributed by atoms with Crippen LogP contribution in [0, 0.1) is 17.8 Å². The minimum atomic E-state index is 0.708. The molecular formula is C12H24. The van der Waals surface area contributed by atoms with Gasteiger partial charge in [-0.05, 0) is 30.6 Å². The Morgan fingerprint density at radius 1 is 1.00 bits per heavy atom. The molecule has 12 heavy (non-hydrogen) atoms. The highest BCUT2D eigenvalue weighted by molar-refractivity contribution is 4.84. The lowest BCUT2D eigenvalue weighted by atomic mass is 9.93. The third kappa shape index (κ3) is 6.45. The van der Waals surface area contributed by atoms with Crippen LogP contribution < -0.4 is 0 Å². The van der Waals surface area contributed by atoms with Crippen molar-refractivity contribution in [3.63, 3.8) is 0 Å². The maximum absolute atomic E-state index is 2.34. The highest BCUT2D eigenvalue weighted by Gasteiger charge is 2.04. The van der Waals surface area contributed by atoms with Gasteiger partial charge in [0, 0.05) is 0 Å². The largest absolute Gasteiger partial charge is 0.0883 e. The molecule has 0 amide bonds. The second-order valence-corrected chi connectivity index (χ2v) is 4.47. The van der Waals surface area contributed by atoms with Crippen molar-refractivity contribution in [3.8, 4) is 0 Å². The molecule has 0 spiro atoms. The lowest BCUT2D eigenvalue weighted by Gasteiger charge is -2.13. The Hall–Kier alpha value is -0.260. The first kappa shape index (κ1) is 11.7. The van der Waals surface area contributed by atoms with Gasteiger partial charge in [0.1, 0.15) is 0 Å². The molecule has 0 bridgehead atoms. The van der Waals surface area contributed by atoms with Crippen molar-refractivity contribution in [2.24, 2.45) is 17.8 Å². The van der Waals surface area contributed by atoms with E-state index in [9.17, 15) is 0 Å². The molecule has 0 aromatic heterocycles. The monoisotopic (exact) mass is 168 g/mol. The van der Waals surface area contributed by atoms with Crippen molar-refractivity contribution < 1.29 is 0 Å². The number of rotatable bonds is 5. The van der Waals surface area contributed by atoms with Crippen molar-refractivity contribution in [1.29, 1.82) is 0 Å². The van der Waals surface area contributed by atoms with Gasteiger partial charge >= 0.3 is 0 Å². The van der Waals surface area contributed by atoms with Crippen LogP contribution >= 0.6 is 0 Å². The van der Waals surface area contributed by atoms with Crippen LogP contribution in [0.1, 0.15) is 47.5 Å². The van der Waals surface area contributed by atoms with Crippen LogP contribution in [0.25, 0.3) is 0 Å². The quantitative estimate of drug-likeness (QED) is 0.538. The van der Waals surface area contributed by atoms with E-state index >= 15 is 0 Å². The number of allylic oxidation sites excluding steroid dienone is 2. The van der Waals surface area contributed by atoms with Crippen molar-refractivity contribution >= 4 is 0 Å². The van der Waals surface area contributed by atoms with Gasteiger partial charge in [0.2, 0.25) is 0 Å². The van der Waals surface area contributed by atoms with Gasteiger partial charge in [-0.15, -0.1) is 0 Å². The summed E-state index contributed by atoms with van der Waals surface area (Å²) in [5.41, 5.74) is 0. The summed E-state index contributed by atoms with van der Waals surface area (Å²) in [4.78, 5) is 0. The maximum atomic E-state index is 2.34. The zero-order valence-electron chi connectivity index (χ0n) is 9.30. The van der Waals surface area contributed by atoms with E-state index in [0.29, 0.717) is 5.92 Å². The van der Waals surface area contributed by atoms with Crippen molar-refractivity contribution in [1.82, 2.24) is 0 Å². The Morgan fingerprint density at radius 3 is 2.00 bits per heavy atom. The fourth-order valence-corrected chi connectivity index (χ4v) is 1.06. The third-order valence-electron chi connectivity index (χ3n) is 2.45. The maximum Gasteiger partial charge on any atom is -0.0290 e. The topological polar surface area (TPSA) is 0 Å². The van der Waals surface area contributed by atoms with Crippen molar-refractivity contribution in [2.45, 2.75) is 47.5 Å². The van der Waals surface area contributed by atoms with Crippen LogP contribution in [-0.4, -0.2) is 0 Å². The SMILES string of the molecule is CC(C)/C=C/CC[C@@H](C)C(C)C. The summed E-state index contributed by atoms with van der Waals surface area (Å²) in [6, 6.07) is 0. The summed E-state index contributed by atoms with van der Waals surface area (Å²) in [7, 11) is 0. The van der Waals surface area contributed by atoms with E-state index in [-0.39, 0.29) is 0 Å². The van der Waals surface area contributed by atoms with Gasteiger partial charge in [-0.2, -0.15) is 0 Å². The van der Waals surface area contributed by atoms with Crippen molar-refractivity contribution in [2.75, 3.05) is 0 Å². The molecule has 0 heteroatoms. The molecule has 0 fully saturated rings. The van der Waals surface area contributed by atoms with Gasteiger partial charge in [0.25, 0.3) is 0 Å². The van der Waals surface area contributed by atoms with Gasteiger partial charge in [-0.25, -0.2) is 0 Å². The highest BCUT2D eigenvalue weighted by Crippen LogP contribution is 2.16. The van der Waals surface area contributed by atoms with Crippen LogP contribution in [0.3, 0.4) is 0 Å². The molecule has 0 aliphatic carbocycles. The van der Waals surface area contributed by atoms with E-state index in [0.717, 1.165) is 11.8 Å². The molecular weight excluding hydrogens is 144 g/mol. The van der Waals surface area contributed by atoms with Gasteiger partial charge < -0.3 is 0 Å². The lowest BCUT2D eigenvalue weighted by molar-refractivity contribution is 0.395. The lowest BCUT2D eigenvalue weighted by Crippen LogP contribution is -2.02. The average Bonchev–Trinajstić information content (AvgIpc) is 1.97. The molecule has 0 aliphatic rings. The zero-order chi connectivity index (χ0) is 9.56. The van der Waals surface area contributed by atoms with Crippen LogP contribution in [-0.2, 0) is 0 Å². The molecule has 0 saturated heterocycles. The smallest absolute Gasteiger partial charge is 0.0290 e. The molecule has 0 aromatic carbocycles. The first-order valence-corrected chi connectivity index (χ1v) is 5.20. The normalized spacial score (nSPS) is 14.9. The minimum absolute atomic E-state index is 0.708. The number of hydrogen-bond donors (Lipinski definition) is 0. The summed E-state index contributed by atoms with van der Waals surface area (Å²) in [6.45, 7) is 11.4. The molecule has 0 N–H and O–H groups in total. The van der Waals surface area contributed by atoms with E-state index in [4.69, 9.17) is 0 Å². The van der Waals surface area contributed by atoms with Crippen LogP contribution in [0.5, 0.6) is 0 Å². The molecule has 0 unspecified atom stereocenters. The summed E-state index contributed by atoms with van der Waals surface area (Å²) in [5.74, 6) is 2.40. The van der Waals surface area contributed by atoms with Gasteiger partial charge in [0.05, 0.1) is 0 Å². The summed E-state index contributed by atoms with van der Waals surface area (Å²) < 4.78 is 0. The van der Waals surface area contributed by atoms with E-state index in [1.165, 1.54) is 12.8 Å². The summed E-state index contributed by atoms with van der Waals surface area (Å²) >= 11 is 0.